The molecule has 1 aromatic rings. The Morgan fingerprint density at radius 2 is 2.53 bits per heavy atom. The molecule has 1 unspecified atom stereocenters. The second kappa shape index (κ2) is 6.19. The van der Waals surface area contributed by atoms with Gasteiger partial charge in [-0.2, -0.15) is 5.10 Å². The van der Waals surface area contributed by atoms with Crippen LogP contribution in [0.3, 0.4) is 0 Å². The number of aliphatic hydroxyl groups excluding tert-OH is 1. The van der Waals surface area contributed by atoms with Crippen molar-refractivity contribution >= 4 is 5.91 Å². The molecule has 3 N–H and O–H groups in total. The first-order valence-electron chi connectivity index (χ1n) is 5.08. The zero-order chi connectivity index (χ0) is 11.1. The summed E-state index contributed by atoms with van der Waals surface area (Å²) in [5.41, 5.74) is 0.808. The van der Waals surface area contributed by atoms with E-state index in [0.717, 1.165) is 5.69 Å². The normalized spacial score (nSPS) is 12.4. The number of rotatable bonds is 6. The van der Waals surface area contributed by atoms with Crippen LogP contribution >= 0.6 is 0 Å². The molecule has 1 amide bonds. The van der Waals surface area contributed by atoms with E-state index >= 15 is 0 Å². The molecule has 0 saturated heterocycles. The Balaban J connectivity index is 2.19. The standard InChI is InChI=1S/C10H17N3O2/c1-8(3-5-14)7-11-10(15)6-9-2-4-12-13-9/h2,4,8,14H,3,5-7H2,1H3,(H,11,15)(H,12,13). The van der Waals surface area contributed by atoms with Crippen LogP contribution in [-0.4, -0.2) is 34.4 Å². The van der Waals surface area contributed by atoms with Gasteiger partial charge in [0.05, 0.1) is 6.42 Å². The number of nitrogens with zero attached hydrogens (tertiary/aromatic N) is 1. The van der Waals surface area contributed by atoms with Gasteiger partial charge in [-0.3, -0.25) is 9.89 Å². The molecule has 0 aliphatic heterocycles. The number of nitrogens with one attached hydrogen (secondary N) is 2. The summed E-state index contributed by atoms with van der Waals surface area (Å²) in [6, 6.07) is 1.77. The molecule has 1 atom stereocenters. The van der Waals surface area contributed by atoms with Crippen molar-refractivity contribution in [1.29, 1.82) is 0 Å². The molecule has 0 aliphatic carbocycles. The predicted molar refractivity (Wildman–Crippen MR) is 56.2 cm³/mol. The summed E-state index contributed by atoms with van der Waals surface area (Å²) in [6.45, 7) is 2.76. The topological polar surface area (TPSA) is 78.0 Å². The van der Waals surface area contributed by atoms with Gasteiger partial charge in [-0.1, -0.05) is 6.92 Å². The van der Waals surface area contributed by atoms with Gasteiger partial charge >= 0.3 is 0 Å². The highest BCUT2D eigenvalue weighted by atomic mass is 16.3. The van der Waals surface area contributed by atoms with Crippen molar-refractivity contribution in [3.05, 3.63) is 18.0 Å². The van der Waals surface area contributed by atoms with Crippen LogP contribution in [-0.2, 0) is 11.2 Å². The van der Waals surface area contributed by atoms with E-state index in [2.05, 4.69) is 15.5 Å². The summed E-state index contributed by atoms with van der Waals surface area (Å²) in [5, 5.41) is 18.0. The van der Waals surface area contributed by atoms with E-state index in [4.69, 9.17) is 5.11 Å². The molecule has 5 nitrogen and oxygen atoms in total. The fraction of sp³-hybridized carbons (Fsp3) is 0.600. The molecule has 0 aromatic carbocycles. The lowest BCUT2D eigenvalue weighted by Crippen LogP contribution is -2.30. The minimum atomic E-state index is -0.0240. The van der Waals surface area contributed by atoms with E-state index < -0.39 is 0 Å². The number of hydrogen-bond acceptors (Lipinski definition) is 3. The molecular weight excluding hydrogens is 194 g/mol. The van der Waals surface area contributed by atoms with Gasteiger partial charge in [0, 0.05) is 25.0 Å². The average Bonchev–Trinajstić information content (AvgIpc) is 2.68. The summed E-state index contributed by atoms with van der Waals surface area (Å²) in [7, 11) is 0. The van der Waals surface area contributed by atoms with Gasteiger partial charge in [0.2, 0.25) is 5.91 Å². The molecule has 0 bridgehead atoms. The Morgan fingerprint density at radius 3 is 3.13 bits per heavy atom. The summed E-state index contributed by atoms with van der Waals surface area (Å²) in [5.74, 6) is 0.282. The first kappa shape index (κ1) is 11.7. The molecule has 0 spiro atoms. The highest BCUT2D eigenvalue weighted by molar-refractivity contribution is 5.77. The summed E-state index contributed by atoms with van der Waals surface area (Å²) < 4.78 is 0. The molecule has 1 rings (SSSR count). The van der Waals surface area contributed by atoms with E-state index in [9.17, 15) is 4.79 Å². The zero-order valence-electron chi connectivity index (χ0n) is 8.86. The van der Waals surface area contributed by atoms with E-state index in [1.807, 2.05) is 6.92 Å². The van der Waals surface area contributed by atoms with Gasteiger partial charge in [-0.15, -0.1) is 0 Å². The van der Waals surface area contributed by atoms with Crippen molar-refractivity contribution in [2.75, 3.05) is 13.2 Å². The van der Waals surface area contributed by atoms with Crippen LogP contribution in [0.5, 0.6) is 0 Å². The van der Waals surface area contributed by atoms with Crippen molar-refractivity contribution in [1.82, 2.24) is 15.5 Å². The smallest absolute Gasteiger partial charge is 0.226 e. The van der Waals surface area contributed by atoms with Crippen molar-refractivity contribution < 1.29 is 9.90 Å². The summed E-state index contributed by atoms with van der Waals surface area (Å²) in [4.78, 5) is 11.4. The first-order valence-corrected chi connectivity index (χ1v) is 5.08. The average molecular weight is 211 g/mol. The first-order chi connectivity index (χ1) is 7.22. The fourth-order valence-corrected chi connectivity index (χ4v) is 1.23. The van der Waals surface area contributed by atoms with Crippen LogP contribution in [0, 0.1) is 5.92 Å². The molecule has 1 heterocycles. The Bertz CT molecular complexity index is 285. The number of carbonyl (C=O) groups excluding carboxylic acids is 1. The van der Waals surface area contributed by atoms with E-state index in [1.54, 1.807) is 12.3 Å². The maximum absolute atomic E-state index is 11.4. The largest absolute Gasteiger partial charge is 0.396 e. The van der Waals surface area contributed by atoms with Crippen molar-refractivity contribution in [2.45, 2.75) is 19.8 Å². The molecule has 0 aliphatic rings. The van der Waals surface area contributed by atoms with Crippen molar-refractivity contribution in [2.24, 2.45) is 5.92 Å². The molecule has 84 valence electrons. The Kier molecular flexibility index (Phi) is 4.83. The molecule has 1 aromatic heterocycles. The number of amides is 1. The Labute approximate surface area is 88.9 Å². The number of H-pyrrole nitrogens is 1. The Hall–Kier alpha value is -1.36. The quantitative estimate of drug-likeness (QED) is 0.624. The number of aromatic amines is 1. The fourth-order valence-electron chi connectivity index (χ4n) is 1.23. The maximum Gasteiger partial charge on any atom is 0.226 e. The van der Waals surface area contributed by atoms with Crippen LogP contribution in [0.1, 0.15) is 19.0 Å². The zero-order valence-corrected chi connectivity index (χ0v) is 8.86. The van der Waals surface area contributed by atoms with Crippen LogP contribution in [0.15, 0.2) is 12.3 Å². The molecule has 0 fully saturated rings. The molecule has 15 heavy (non-hydrogen) atoms. The third-order valence-electron chi connectivity index (χ3n) is 2.18. The summed E-state index contributed by atoms with van der Waals surface area (Å²) >= 11 is 0. The number of carbonyl (C=O) groups is 1. The minimum absolute atomic E-state index is 0.0240. The van der Waals surface area contributed by atoms with E-state index in [1.165, 1.54) is 0 Å². The highest BCUT2D eigenvalue weighted by Crippen LogP contribution is 1.98. The van der Waals surface area contributed by atoms with Gasteiger partial charge < -0.3 is 10.4 Å². The van der Waals surface area contributed by atoms with Crippen LogP contribution in [0.25, 0.3) is 0 Å². The van der Waals surface area contributed by atoms with Crippen molar-refractivity contribution in [3.63, 3.8) is 0 Å². The van der Waals surface area contributed by atoms with Crippen molar-refractivity contribution in [3.8, 4) is 0 Å². The van der Waals surface area contributed by atoms with Gasteiger partial charge in [-0.05, 0) is 18.4 Å². The van der Waals surface area contributed by atoms with Gasteiger partial charge in [-0.25, -0.2) is 0 Å². The van der Waals surface area contributed by atoms with Gasteiger partial charge in [0.15, 0.2) is 0 Å². The second-order valence-corrected chi connectivity index (χ2v) is 3.68. The van der Waals surface area contributed by atoms with Gasteiger partial charge in [0.25, 0.3) is 0 Å². The van der Waals surface area contributed by atoms with Crippen LogP contribution in [0.4, 0.5) is 0 Å². The van der Waals surface area contributed by atoms with E-state index in [-0.39, 0.29) is 12.5 Å². The molecule has 5 heteroatoms. The number of hydrogen-bond donors (Lipinski definition) is 3. The minimum Gasteiger partial charge on any atom is -0.396 e. The number of aromatic nitrogens is 2. The summed E-state index contributed by atoms with van der Waals surface area (Å²) in [6.07, 6.45) is 2.66. The lowest BCUT2D eigenvalue weighted by Gasteiger charge is -2.10. The van der Waals surface area contributed by atoms with Crippen LogP contribution in [0.2, 0.25) is 0 Å². The lowest BCUT2D eigenvalue weighted by atomic mass is 10.1. The van der Waals surface area contributed by atoms with E-state index in [0.29, 0.717) is 25.3 Å². The molecule has 0 saturated carbocycles. The second-order valence-electron chi connectivity index (χ2n) is 3.68. The lowest BCUT2D eigenvalue weighted by molar-refractivity contribution is -0.120. The third kappa shape index (κ3) is 4.60. The SMILES string of the molecule is CC(CCO)CNC(=O)Cc1ccn[nH]1. The Morgan fingerprint density at radius 1 is 1.73 bits per heavy atom. The molecule has 0 radical (unpaired) electrons. The number of aliphatic hydroxyl groups is 1. The molecular formula is C10H17N3O2. The maximum atomic E-state index is 11.4. The third-order valence-corrected chi connectivity index (χ3v) is 2.18. The predicted octanol–water partition coefficient (Wildman–Crippen LogP) is 0.0869. The highest BCUT2D eigenvalue weighted by Gasteiger charge is 2.06. The van der Waals surface area contributed by atoms with Gasteiger partial charge in [0.1, 0.15) is 0 Å². The monoisotopic (exact) mass is 211 g/mol. The van der Waals surface area contributed by atoms with Crippen LogP contribution < -0.4 is 5.32 Å².